The number of aromatic nitrogens is 1. The lowest BCUT2D eigenvalue weighted by Gasteiger charge is -2.46. The number of hydrogen-bond acceptors (Lipinski definition) is 3. The first-order valence-corrected chi connectivity index (χ1v) is 8.33. The van der Waals surface area contributed by atoms with E-state index in [1.807, 2.05) is 0 Å². The second kappa shape index (κ2) is 5.69. The van der Waals surface area contributed by atoms with E-state index in [0.717, 1.165) is 24.7 Å². The van der Waals surface area contributed by atoms with Crippen LogP contribution in [0.2, 0.25) is 0 Å². The summed E-state index contributed by atoms with van der Waals surface area (Å²) in [6.45, 7) is 12.4. The summed E-state index contributed by atoms with van der Waals surface area (Å²) >= 11 is 0. The highest BCUT2D eigenvalue weighted by Gasteiger charge is 2.40. The minimum Gasteiger partial charge on any atom is -0.311 e. The standard InChI is InChI=1S/C18H29N3/c1-13-6-5-7-15(20-13)11-21-12-16(14-8-9-14)19-10-17(21)18(2,3)4/h5-7,14,16-17,19H,8-12H2,1-4H3. The number of aryl methyl sites for hydroxylation is 1. The van der Waals surface area contributed by atoms with Crippen LogP contribution < -0.4 is 5.32 Å². The zero-order valence-electron chi connectivity index (χ0n) is 13.9. The van der Waals surface area contributed by atoms with Gasteiger partial charge in [0, 0.05) is 37.4 Å². The fourth-order valence-corrected chi connectivity index (χ4v) is 3.58. The van der Waals surface area contributed by atoms with E-state index in [1.165, 1.54) is 25.1 Å². The normalized spacial score (nSPS) is 27.8. The van der Waals surface area contributed by atoms with Crippen LogP contribution in [0.3, 0.4) is 0 Å². The largest absolute Gasteiger partial charge is 0.311 e. The quantitative estimate of drug-likeness (QED) is 0.926. The molecule has 1 saturated carbocycles. The predicted octanol–water partition coefficient (Wildman–Crippen LogP) is 2.99. The molecule has 2 fully saturated rings. The fraction of sp³-hybridized carbons (Fsp3) is 0.722. The monoisotopic (exact) mass is 287 g/mol. The highest BCUT2D eigenvalue weighted by Crippen LogP contribution is 2.36. The van der Waals surface area contributed by atoms with E-state index in [-0.39, 0.29) is 0 Å². The molecule has 0 aromatic carbocycles. The molecule has 1 aliphatic carbocycles. The Hall–Kier alpha value is -0.930. The number of nitrogens with zero attached hydrogens (tertiary/aromatic N) is 2. The average Bonchev–Trinajstić information content (AvgIpc) is 3.21. The fourth-order valence-electron chi connectivity index (χ4n) is 3.58. The Morgan fingerprint density at radius 1 is 1.29 bits per heavy atom. The summed E-state index contributed by atoms with van der Waals surface area (Å²) in [5, 5.41) is 3.80. The first-order chi connectivity index (χ1) is 9.93. The SMILES string of the molecule is Cc1cccc(CN2CC(C3CC3)NCC2C(C)(C)C)n1. The zero-order valence-corrected chi connectivity index (χ0v) is 13.9. The molecule has 2 heterocycles. The molecule has 3 heteroatoms. The Labute approximate surface area is 129 Å². The smallest absolute Gasteiger partial charge is 0.0547 e. The first kappa shape index (κ1) is 15.0. The number of pyridine rings is 1. The number of hydrogen-bond donors (Lipinski definition) is 1. The molecule has 0 radical (unpaired) electrons. The van der Waals surface area contributed by atoms with Crippen LogP contribution in [0.15, 0.2) is 18.2 Å². The molecular formula is C18H29N3. The van der Waals surface area contributed by atoms with Gasteiger partial charge < -0.3 is 5.32 Å². The molecular weight excluding hydrogens is 258 g/mol. The molecule has 3 nitrogen and oxygen atoms in total. The van der Waals surface area contributed by atoms with Crippen LogP contribution in [0.5, 0.6) is 0 Å². The van der Waals surface area contributed by atoms with Crippen molar-refractivity contribution in [2.75, 3.05) is 13.1 Å². The van der Waals surface area contributed by atoms with Crippen LogP contribution in [-0.2, 0) is 6.54 Å². The van der Waals surface area contributed by atoms with E-state index in [1.54, 1.807) is 0 Å². The number of piperazine rings is 1. The lowest BCUT2D eigenvalue weighted by Crippen LogP contribution is -2.60. The summed E-state index contributed by atoms with van der Waals surface area (Å²) in [7, 11) is 0. The molecule has 21 heavy (non-hydrogen) atoms. The van der Waals surface area contributed by atoms with Gasteiger partial charge in [-0.25, -0.2) is 0 Å². The Morgan fingerprint density at radius 2 is 2.05 bits per heavy atom. The van der Waals surface area contributed by atoms with Crippen molar-refractivity contribution in [2.45, 2.75) is 59.2 Å². The Morgan fingerprint density at radius 3 is 2.67 bits per heavy atom. The van der Waals surface area contributed by atoms with E-state index in [2.05, 4.69) is 56.1 Å². The highest BCUT2D eigenvalue weighted by atomic mass is 15.2. The van der Waals surface area contributed by atoms with Gasteiger partial charge in [-0.15, -0.1) is 0 Å². The van der Waals surface area contributed by atoms with Crippen LogP contribution in [0.4, 0.5) is 0 Å². The minimum absolute atomic E-state index is 0.297. The highest BCUT2D eigenvalue weighted by molar-refractivity contribution is 5.11. The summed E-state index contributed by atoms with van der Waals surface area (Å²) in [5.41, 5.74) is 2.63. The number of rotatable bonds is 3. The summed E-state index contributed by atoms with van der Waals surface area (Å²) in [5.74, 6) is 0.916. The van der Waals surface area contributed by atoms with Crippen molar-refractivity contribution in [1.29, 1.82) is 0 Å². The molecule has 0 amide bonds. The molecule has 1 N–H and O–H groups in total. The van der Waals surface area contributed by atoms with Crippen LogP contribution in [-0.4, -0.2) is 35.1 Å². The van der Waals surface area contributed by atoms with Crippen molar-refractivity contribution in [3.63, 3.8) is 0 Å². The van der Waals surface area contributed by atoms with Gasteiger partial charge in [0.25, 0.3) is 0 Å². The van der Waals surface area contributed by atoms with Crippen molar-refractivity contribution in [3.05, 3.63) is 29.6 Å². The van der Waals surface area contributed by atoms with Gasteiger partial charge in [0.05, 0.1) is 5.69 Å². The van der Waals surface area contributed by atoms with Gasteiger partial charge in [0.2, 0.25) is 0 Å². The van der Waals surface area contributed by atoms with Gasteiger partial charge >= 0.3 is 0 Å². The molecule has 2 aliphatic rings. The van der Waals surface area contributed by atoms with Crippen molar-refractivity contribution in [2.24, 2.45) is 11.3 Å². The second-order valence-corrected chi connectivity index (χ2v) is 7.93. The van der Waals surface area contributed by atoms with Crippen molar-refractivity contribution in [1.82, 2.24) is 15.2 Å². The zero-order chi connectivity index (χ0) is 15.0. The molecule has 2 atom stereocenters. The van der Waals surface area contributed by atoms with Crippen LogP contribution >= 0.6 is 0 Å². The van der Waals surface area contributed by atoms with E-state index >= 15 is 0 Å². The number of nitrogens with one attached hydrogen (secondary N) is 1. The van der Waals surface area contributed by atoms with Crippen LogP contribution in [0.25, 0.3) is 0 Å². The van der Waals surface area contributed by atoms with Gasteiger partial charge in [0.1, 0.15) is 0 Å². The van der Waals surface area contributed by atoms with Gasteiger partial charge in [-0.2, -0.15) is 0 Å². The molecule has 1 aromatic heterocycles. The third kappa shape index (κ3) is 3.64. The van der Waals surface area contributed by atoms with Gasteiger partial charge in [-0.05, 0) is 43.2 Å². The Kier molecular flexibility index (Phi) is 4.06. The second-order valence-electron chi connectivity index (χ2n) is 7.93. The molecule has 2 unspecified atom stereocenters. The Balaban J connectivity index is 1.75. The van der Waals surface area contributed by atoms with Crippen molar-refractivity contribution in [3.8, 4) is 0 Å². The molecule has 0 bridgehead atoms. The summed E-state index contributed by atoms with van der Waals surface area (Å²) in [6.07, 6.45) is 2.82. The van der Waals surface area contributed by atoms with Gasteiger partial charge in [-0.1, -0.05) is 26.8 Å². The molecule has 1 aromatic rings. The Bertz CT molecular complexity index is 487. The van der Waals surface area contributed by atoms with E-state index in [9.17, 15) is 0 Å². The summed E-state index contributed by atoms with van der Waals surface area (Å²) in [6, 6.07) is 7.64. The lowest BCUT2D eigenvalue weighted by molar-refractivity contribution is 0.0440. The van der Waals surface area contributed by atoms with Crippen LogP contribution in [0, 0.1) is 18.3 Å². The van der Waals surface area contributed by atoms with Gasteiger partial charge in [-0.3, -0.25) is 9.88 Å². The van der Waals surface area contributed by atoms with Gasteiger partial charge in [0.15, 0.2) is 0 Å². The predicted molar refractivity (Wildman–Crippen MR) is 87.1 cm³/mol. The molecule has 1 saturated heterocycles. The topological polar surface area (TPSA) is 28.2 Å². The van der Waals surface area contributed by atoms with E-state index < -0.39 is 0 Å². The average molecular weight is 287 g/mol. The lowest BCUT2D eigenvalue weighted by atomic mass is 9.83. The first-order valence-electron chi connectivity index (χ1n) is 8.33. The molecule has 0 spiro atoms. The van der Waals surface area contributed by atoms with Crippen molar-refractivity contribution < 1.29 is 0 Å². The third-order valence-electron chi connectivity index (χ3n) is 4.95. The molecule has 116 valence electrons. The maximum atomic E-state index is 4.71. The van der Waals surface area contributed by atoms with E-state index in [4.69, 9.17) is 4.98 Å². The van der Waals surface area contributed by atoms with Crippen molar-refractivity contribution >= 4 is 0 Å². The third-order valence-corrected chi connectivity index (χ3v) is 4.95. The maximum Gasteiger partial charge on any atom is 0.0547 e. The summed E-state index contributed by atoms with van der Waals surface area (Å²) < 4.78 is 0. The molecule has 3 rings (SSSR count). The maximum absolute atomic E-state index is 4.71. The minimum atomic E-state index is 0.297. The van der Waals surface area contributed by atoms with E-state index in [0.29, 0.717) is 17.5 Å². The molecule has 1 aliphatic heterocycles. The summed E-state index contributed by atoms with van der Waals surface area (Å²) in [4.78, 5) is 7.38. The van der Waals surface area contributed by atoms with Crippen LogP contribution in [0.1, 0.15) is 45.0 Å².